The molecule has 2 rings (SSSR count). The summed E-state index contributed by atoms with van der Waals surface area (Å²) in [5, 5.41) is 0. The third-order valence-corrected chi connectivity index (χ3v) is 2.77. The highest BCUT2D eigenvalue weighted by Gasteiger charge is 2.15. The van der Waals surface area contributed by atoms with Crippen LogP contribution in [0.3, 0.4) is 0 Å². The van der Waals surface area contributed by atoms with E-state index in [4.69, 9.17) is 5.84 Å². The number of nitrogens with two attached hydrogens (primary N) is 1. The Balaban J connectivity index is 2.45. The molecule has 1 aromatic carbocycles. The lowest BCUT2D eigenvalue weighted by atomic mass is 10.0. The van der Waals surface area contributed by atoms with Crippen LogP contribution in [-0.2, 0) is 0 Å². The molecule has 0 aliphatic carbocycles. The van der Waals surface area contributed by atoms with E-state index in [9.17, 15) is 4.39 Å². The molecule has 0 bridgehead atoms. The summed E-state index contributed by atoms with van der Waals surface area (Å²) in [6, 6.07) is 10.2. The van der Waals surface area contributed by atoms with E-state index in [0.29, 0.717) is 0 Å². The number of halogens is 1. The number of pyridine rings is 1. The molecule has 0 spiro atoms. The maximum Gasteiger partial charge on any atom is 0.123 e. The molecule has 4 heteroatoms. The van der Waals surface area contributed by atoms with E-state index in [1.807, 2.05) is 38.1 Å². The number of hydrazine groups is 1. The van der Waals surface area contributed by atoms with Crippen molar-refractivity contribution in [1.29, 1.82) is 0 Å². The molecule has 0 aliphatic rings. The standard InChI is InChI=1S/C14H16FN3/c1-9-6-11(8-12(15)7-9)14(18-16)13-5-3-4-10(2)17-13/h3-8,14,18H,16H2,1-2H3. The Morgan fingerprint density at radius 1 is 1.22 bits per heavy atom. The van der Waals surface area contributed by atoms with Gasteiger partial charge in [-0.1, -0.05) is 12.1 Å². The van der Waals surface area contributed by atoms with Crippen LogP contribution in [0, 0.1) is 19.7 Å². The molecule has 2 aromatic rings. The van der Waals surface area contributed by atoms with Crippen molar-refractivity contribution in [3.63, 3.8) is 0 Å². The first kappa shape index (κ1) is 12.7. The van der Waals surface area contributed by atoms with Gasteiger partial charge in [-0.25, -0.2) is 9.82 Å². The normalized spacial score (nSPS) is 12.4. The van der Waals surface area contributed by atoms with Gasteiger partial charge in [0.1, 0.15) is 5.82 Å². The molecule has 0 aliphatic heterocycles. The minimum absolute atomic E-state index is 0.266. The van der Waals surface area contributed by atoms with Gasteiger partial charge in [-0.2, -0.15) is 0 Å². The second kappa shape index (κ2) is 5.25. The van der Waals surface area contributed by atoms with Gasteiger partial charge in [-0.05, 0) is 49.2 Å². The van der Waals surface area contributed by atoms with Crippen molar-refractivity contribution in [2.75, 3.05) is 0 Å². The molecular weight excluding hydrogens is 229 g/mol. The Morgan fingerprint density at radius 2 is 2.00 bits per heavy atom. The van der Waals surface area contributed by atoms with Gasteiger partial charge in [0, 0.05) is 5.69 Å². The van der Waals surface area contributed by atoms with E-state index in [2.05, 4.69) is 10.4 Å². The Hall–Kier alpha value is -1.78. The summed E-state index contributed by atoms with van der Waals surface area (Å²) >= 11 is 0. The molecule has 3 N–H and O–H groups in total. The van der Waals surface area contributed by atoms with Crippen molar-refractivity contribution in [3.05, 3.63) is 64.7 Å². The van der Waals surface area contributed by atoms with E-state index in [0.717, 1.165) is 22.5 Å². The number of hydrogen-bond donors (Lipinski definition) is 2. The molecule has 0 radical (unpaired) electrons. The molecule has 0 amide bonds. The summed E-state index contributed by atoms with van der Waals surface area (Å²) in [6.07, 6.45) is 0. The zero-order chi connectivity index (χ0) is 13.1. The lowest BCUT2D eigenvalue weighted by molar-refractivity contribution is 0.596. The zero-order valence-corrected chi connectivity index (χ0v) is 10.4. The first-order chi connectivity index (χ1) is 8.60. The van der Waals surface area contributed by atoms with Gasteiger partial charge in [0.25, 0.3) is 0 Å². The van der Waals surface area contributed by atoms with Crippen LogP contribution in [0.2, 0.25) is 0 Å². The van der Waals surface area contributed by atoms with Crippen LogP contribution >= 0.6 is 0 Å². The summed E-state index contributed by atoms with van der Waals surface area (Å²) in [6.45, 7) is 3.76. The van der Waals surface area contributed by atoms with Gasteiger partial charge in [0.05, 0.1) is 11.7 Å². The number of nitrogens with zero attached hydrogens (tertiary/aromatic N) is 1. The second-order valence-corrected chi connectivity index (χ2v) is 4.37. The van der Waals surface area contributed by atoms with Gasteiger partial charge >= 0.3 is 0 Å². The summed E-state index contributed by atoms with van der Waals surface area (Å²) in [7, 11) is 0. The minimum atomic E-state index is -0.306. The Kier molecular flexibility index (Phi) is 3.69. The fourth-order valence-corrected chi connectivity index (χ4v) is 2.01. The van der Waals surface area contributed by atoms with Gasteiger partial charge in [-0.3, -0.25) is 10.8 Å². The van der Waals surface area contributed by atoms with Gasteiger partial charge in [0.15, 0.2) is 0 Å². The lowest BCUT2D eigenvalue weighted by Gasteiger charge is -2.17. The van der Waals surface area contributed by atoms with Crippen LogP contribution in [0.5, 0.6) is 0 Å². The maximum absolute atomic E-state index is 13.4. The third kappa shape index (κ3) is 2.72. The number of aryl methyl sites for hydroxylation is 2. The van der Waals surface area contributed by atoms with E-state index in [1.54, 1.807) is 0 Å². The molecule has 1 atom stereocenters. The van der Waals surface area contributed by atoms with Crippen LogP contribution < -0.4 is 11.3 Å². The average Bonchev–Trinajstić information content (AvgIpc) is 2.28. The van der Waals surface area contributed by atoms with Crippen LogP contribution in [0.25, 0.3) is 0 Å². The third-order valence-electron chi connectivity index (χ3n) is 2.77. The average molecular weight is 245 g/mol. The lowest BCUT2D eigenvalue weighted by Crippen LogP contribution is -2.29. The summed E-state index contributed by atoms with van der Waals surface area (Å²) < 4.78 is 13.4. The zero-order valence-electron chi connectivity index (χ0n) is 10.4. The Morgan fingerprint density at radius 3 is 2.61 bits per heavy atom. The monoisotopic (exact) mass is 245 g/mol. The molecule has 0 fully saturated rings. The van der Waals surface area contributed by atoms with Gasteiger partial charge in [0.2, 0.25) is 0 Å². The summed E-state index contributed by atoms with van der Waals surface area (Å²) in [5.74, 6) is 5.31. The van der Waals surface area contributed by atoms with Crippen molar-refractivity contribution in [2.24, 2.45) is 5.84 Å². The quantitative estimate of drug-likeness (QED) is 0.645. The van der Waals surface area contributed by atoms with Crippen molar-refractivity contribution in [3.8, 4) is 0 Å². The summed E-state index contributed by atoms with van der Waals surface area (Å²) in [5.41, 5.74) is 6.00. The fraction of sp³-hybridized carbons (Fsp3) is 0.214. The van der Waals surface area contributed by atoms with E-state index >= 15 is 0 Å². The largest absolute Gasteiger partial charge is 0.271 e. The highest BCUT2D eigenvalue weighted by atomic mass is 19.1. The minimum Gasteiger partial charge on any atom is -0.271 e. The predicted octanol–water partition coefficient (Wildman–Crippen LogP) is 2.39. The highest BCUT2D eigenvalue weighted by molar-refractivity contribution is 5.32. The molecule has 18 heavy (non-hydrogen) atoms. The molecule has 3 nitrogen and oxygen atoms in total. The van der Waals surface area contributed by atoms with Crippen LogP contribution in [0.15, 0.2) is 36.4 Å². The molecule has 1 heterocycles. The Labute approximate surface area is 106 Å². The number of benzene rings is 1. The Bertz CT molecular complexity index is 534. The van der Waals surface area contributed by atoms with E-state index < -0.39 is 0 Å². The molecule has 0 saturated heterocycles. The number of rotatable bonds is 3. The molecular formula is C14H16FN3. The molecule has 94 valence electrons. The number of hydrogen-bond acceptors (Lipinski definition) is 3. The van der Waals surface area contributed by atoms with Crippen molar-refractivity contribution < 1.29 is 4.39 Å². The van der Waals surface area contributed by atoms with Crippen molar-refractivity contribution in [2.45, 2.75) is 19.9 Å². The number of aromatic nitrogens is 1. The van der Waals surface area contributed by atoms with Crippen LogP contribution in [0.4, 0.5) is 4.39 Å². The highest BCUT2D eigenvalue weighted by Crippen LogP contribution is 2.21. The second-order valence-electron chi connectivity index (χ2n) is 4.37. The summed E-state index contributed by atoms with van der Waals surface area (Å²) in [4.78, 5) is 4.42. The fourth-order valence-electron chi connectivity index (χ4n) is 2.01. The van der Waals surface area contributed by atoms with Crippen LogP contribution in [-0.4, -0.2) is 4.98 Å². The molecule has 0 saturated carbocycles. The van der Waals surface area contributed by atoms with E-state index in [1.165, 1.54) is 12.1 Å². The molecule has 1 aromatic heterocycles. The SMILES string of the molecule is Cc1cc(F)cc(C(NN)c2cccc(C)n2)c1. The van der Waals surface area contributed by atoms with Crippen molar-refractivity contribution >= 4 is 0 Å². The first-order valence-corrected chi connectivity index (χ1v) is 5.77. The van der Waals surface area contributed by atoms with Crippen LogP contribution in [0.1, 0.15) is 28.6 Å². The number of nitrogens with one attached hydrogen (secondary N) is 1. The van der Waals surface area contributed by atoms with E-state index in [-0.39, 0.29) is 11.9 Å². The van der Waals surface area contributed by atoms with Gasteiger partial charge < -0.3 is 0 Å². The molecule has 1 unspecified atom stereocenters. The smallest absolute Gasteiger partial charge is 0.123 e. The van der Waals surface area contributed by atoms with Crippen molar-refractivity contribution in [1.82, 2.24) is 10.4 Å². The first-order valence-electron chi connectivity index (χ1n) is 5.77. The predicted molar refractivity (Wildman–Crippen MR) is 69.3 cm³/mol. The maximum atomic E-state index is 13.4. The van der Waals surface area contributed by atoms with Gasteiger partial charge in [-0.15, -0.1) is 0 Å². The topological polar surface area (TPSA) is 50.9 Å².